The summed E-state index contributed by atoms with van der Waals surface area (Å²) in [5, 5.41) is 19.9. The number of rotatable bonds is 7. The lowest BCUT2D eigenvalue weighted by Gasteiger charge is -2.34. The van der Waals surface area contributed by atoms with E-state index in [1.165, 1.54) is 4.90 Å². The molecule has 7 heteroatoms. The maximum Gasteiger partial charge on any atom is 0.407 e. The highest BCUT2D eigenvalue weighted by Gasteiger charge is 2.30. The van der Waals surface area contributed by atoms with Gasteiger partial charge in [0.15, 0.2) is 0 Å². The van der Waals surface area contributed by atoms with Gasteiger partial charge in [-0.05, 0) is 42.3 Å². The molecule has 3 rings (SSSR count). The molecule has 2 unspecified atom stereocenters. The summed E-state index contributed by atoms with van der Waals surface area (Å²) in [6, 6.07) is 14.9. The van der Waals surface area contributed by atoms with Gasteiger partial charge in [0.25, 0.3) is 0 Å². The number of hydrogen-bond acceptors (Lipinski definition) is 4. The Morgan fingerprint density at radius 1 is 1.11 bits per heavy atom. The average molecular weight is 406 g/mol. The van der Waals surface area contributed by atoms with E-state index in [2.05, 4.69) is 0 Å². The van der Waals surface area contributed by atoms with Crippen LogP contribution in [0.5, 0.6) is 11.5 Å². The van der Waals surface area contributed by atoms with E-state index in [-0.39, 0.29) is 12.5 Å². The molecule has 1 amide bonds. The molecule has 1 saturated heterocycles. The van der Waals surface area contributed by atoms with Gasteiger partial charge in [0.05, 0.1) is 25.9 Å². The Bertz CT molecular complexity index is 783. The first-order valence-corrected chi connectivity index (χ1v) is 9.68. The molecule has 0 saturated carbocycles. The zero-order valence-electron chi connectivity index (χ0n) is 15.5. The maximum atomic E-state index is 11.0. The van der Waals surface area contributed by atoms with E-state index in [4.69, 9.17) is 26.2 Å². The van der Waals surface area contributed by atoms with Crippen molar-refractivity contribution in [3.8, 4) is 11.5 Å². The number of aliphatic hydroxyl groups is 1. The van der Waals surface area contributed by atoms with E-state index in [0.29, 0.717) is 31.2 Å². The van der Waals surface area contributed by atoms with Crippen LogP contribution in [0.15, 0.2) is 48.5 Å². The normalized spacial score (nSPS) is 19.3. The molecule has 6 nitrogen and oxygen atoms in total. The maximum absolute atomic E-state index is 11.0. The molecule has 150 valence electrons. The van der Waals surface area contributed by atoms with Gasteiger partial charge in [0, 0.05) is 23.9 Å². The minimum atomic E-state index is -0.986. The number of carbonyl (C=O) groups is 1. The number of ether oxygens (including phenoxy) is 2. The molecule has 0 radical (unpaired) electrons. The molecule has 1 aliphatic heterocycles. The number of hydrogen-bond donors (Lipinski definition) is 2. The van der Waals surface area contributed by atoms with E-state index in [1.807, 2.05) is 36.4 Å². The van der Waals surface area contributed by atoms with E-state index < -0.39 is 12.2 Å². The van der Waals surface area contributed by atoms with Crippen LogP contribution in [0.4, 0.5) is 4.79 Å². The standard InChI is InChI=1S/C21H24ClNO5/c22-16-3-1-4-18(13-16)28-12-2-11-27-17-7-5-15(6-8-17)19-9-10-23(21(25)26)14-20(19)24/h1,3-8,13,19-20,24H,2,9-12,14H2,(H,25,26). The van der Waals surface area contributed by atoms with Gasteiger partial charge in [0.1, 0.15) is 11.5 Å². The molecule has 1 fully saturated rings. The zero-order valence-corrected chi connectivity index (χ0v) is 16.2. The Morgan fingerprint density at radius 2 is 1.82 bits per heavy atom. The third-order valence-corrected chi connectivity index (χ3v) is 5.02. The van der Waals surface area contributed by atoms with Crippen LogP contribution in [0.2, 0.25) is 5.02 Å². The van der Waals surface area contributed by atoms with Crippen LogP contribution in [0.1, 0.15) is 24.3 Å². The third-order valence-electron chi connectivity index (χ3n) is 4.78. The minimum absolute atomic E-state index is 0.0595. The molecule has 2 aromatic carbocycles. The van der Waals surface area contributed by atoms with Crippen LogP contribution in [0.25, 0.3) is 0 Å². The topological polar surface area (TPSA) is 79.2 Å². The predicted molar refractivity (Wildman–Crippen MR) is 106 cm³/mol. The van der Waals surface area contributed by atoms with Gasteiger partial charge in [-0.2, -0.15) is 0 Å². The zero-order chi connectivity index (χ0) is 19.9. The van der Waals surface area contributed by atoms with Crippen molar-refractivity contribution >= 4 is 17.7 Å². The molecule has 1 aliphatic rings. The van der Waals surface area contributed by atoms with Crippen LogP contribution < -0.4 is 9.47 Å². The molecule has 0 bridgehead atoms. The number of amides is 1. The van der Waals surface area contributed by atoms with Crippen molar-refractivity contribution in [3.05, 3.63) is 59.1 Å². The van der Waals surface area contributed by atoms with Crippen LogP contribution in [0, 0.1) is 0 Å². The highest BCUT2D eigenvalue weighted by Crippen LogP contribution is 2.29. The van der Waals surface area contributed by atoms with Gasteiger partial charge in [-0.25, -0.2) is 4.79 Å². The van der Waals surface area contributed by atoms with E-state index in [0.717, 1.165) is 23.5 Å². The molecule has 0 spiro atoms. The third kappa shape index (κ3) is 5.53. The second-order valence-corrected chi connectivity index (χ2v) is 7.20. The summed E-state index contributed by atoms with van der Waals surface area (Å²) in [7, 11) is 0. The fourth-order valence-electron chi connectivity index (χ4n) is 3.30. The molecule has 0 aromatic heterocycles. The lowest BCUT2D eigenvalue weighted by Crippen LogP contribution is -2.45. The molecular weight excluding hydrogens is 382 g/mol. The Morgan fingerprint density at radius 3 is 2.46 bits per heavy atom. The van der Waals surface area contributed by atoms with Gasteiger partial charge in [-0.3, -0.25) is 0 Å². The second kappa shape index (κ2) is 9.66. The SMILES string of the molecule is O=C(O)N1CCC(c2ccc(OCCCOc3cccc(Cl)c3)cc2)C(O)C1. The Labute approximate surface area is 169 Å². The first kappa shape index (κ1) is 20.3. The smallest absolute Gasteiger partial charge is 0.407 e. The van der Waals surface area contributed by atoms with Crippen molar-refractivity contribution in [2.24, 2.45) is 0 Å². The number of halogens is 1. The first-order chi connectivity index (χ1) is 13.5. The number of likely N-dealkylation sites (tertiary alicyclic amines) is 1. The molecule has 1 heterocycles. The van der Waals surface area contributed by atoms with E-state index in [9.17, 15) is 9.90 Å². The quantitative estimate of drug-likeness (QED) is 0.680. The first-order valence-electron chi connectivity index (χ1n) is 9.30. The fraction of sp³-hybridized carbons (Fsp3) is 0.381. The van der Waals surface area contributed by atoms with Gasteiger partial charge in [0.2, 0.25) is 0 Å². The highest BCUT2D eigenvalue weighted by atomic mass is 35.5. The monoisotopic (exact) mass is 405 g/mol. The van der Waals surface area contributed by atoms with Crippen molar-refractivity contribution in [3.63, 3.8) is 0 Å². The second-order valence-electron chi connectivity index (χ2n) is 6.77. The van der Waals surface area contributed by atoms with Crippen LogP contribution in [-0.4, -0.2) is 53.6 Å². The lowest BCUT2D eigenvalue weighted by atomic mass is 9.87. The van der Waals surface area contributed by atoms with E-state index in [1.54, 1.807) is 12.1 Å². The Kier molecular flexibility index (Phi) is 7.01. The molecule has 28 heavy (non-hydrogen) atoms. The molecule has 0 aliphatic carbocycles. The number of piperidine rings is 1. The van der Waals surface area contributed by atoms with Crippen molar-refractivity contribution in [1.82, 2.24) is 4.90 Å². The molecular formula is C21H24ClNO5. The number of carboxylic acid groups (broad SMARTS) is 1. The number of β-amino-alcohol motifs (C(OH)–C–C–N with tert-alkyl or cyclic N) is 1. The van der Waals surface area contributed by atoms with Crippen molar-refractivity contribution < 1.29 is 24.5 Å². The number of benzene rings is 2. The van der Waals surface area contributed by atoms with Crippen molar-refractivity contribution in [2.45, 2.75) is 24.9 Å². The lowest BCUT2D eigenvalue weighted by molar-refractivity contribution is 0.0504. The summed E-state index contributed by atoms with van der Waals surface area (Å²) < 4.78 is 11.4. The van der Waals surface area contributed by atoms with Gasteiger partial charge in [-0.15, -0.1) is 0 Å². The van der Waals surface area contributed by atoms with Gasteiger partial charge in [-0.1, -0.05) is 29.8 Å². The van der Waals surface area contributed by atoms with Gasteiger partial charge >= 0.3 is 6.09 Å². The summed E-state index contributed by atoms with van der Waals surface area (Å²) >= 11 is 5.92. The predicted octanol–water partition coefficient (Wildman–Crippen LogP) is 4.02. The summed E-state index contributed by atoms with van der Waals surface area (Å²) in [4.78, 5) is 12.3. The van der Waals surface area contributed by atoms with Crippen LogP contribution in [0.3, 0.4) is 0 Å². The summed E-state index contributed by atoms with van der Waals surface area (Å²) in [5.74, 6) is 1.43. The molecule has 2 atom stereocenters. The molecule has 2 N–H and O–H groups in total. The van der Waals surface area contributed by atoms with Crippen molar-refractivity contribution in [1.29, 1.82) is 0 Å². The number of aliphatic hydroxyl groups excluding tert-OH is 1. The minimum Gasteiger partial charge on any atom is -0.493 e. The molecule has 2 aromatic rings. The fourth-order valence-corrected chi connectivity index (χ4v) is 3.48. The summed E-state index contributed by atoms with van der Waals surface area (Å²) in [5.41, 5.74) is 0.995. The average Bonchev–Trinajstić information content (AvgIpc) is 2.68. The Hall–Kier alpha value is -2.44. The van der Waals surface area contributed by atoms with Crippen molar-refractivity contribution in [2.75, 3.05) is 26.3 Å². The van der Waals surface area contributed by atoms with Crippen LogP contribution >= 0.6 is 11.6 Å². The summed E-state index contributed by atoms with van der Waals surface area (Å²) in [6.45, 7) is 1.64. The Balaban J connectivity index is 1.41. The highest BCUT2D eigenvalue weighted by molar-refractivity contribution is 6.30. The van der Waals surface area contributed by atoms with Gasteiger partial charge < -0.3 is 24.6 Å². The van der Waals surface area contributed by atoms with Crippen LogP contribution in [-0.2, 0) is 0 Å². The largest absolute Gasteiger partial charge is 0.493 e. The van der Waals surface area contributed by atoms with E-state index >= 15 is 0 Å². The summed E-state index contributed by atoms with van der Waals surface area (Å²) in [6.07, 6.45) is -0.337. The number of nitrogens with zero attached hydrogens (tertiary/aromatic N) is 1.